The molecule has 0 radical (unpaired) electrons. The lowest BCUT2D eigenvalue weighted by Gasteiger charge is -2.11. The number of amides is 1. The van der Waals surface area contributed by atoms with Crippen LogP contribution in [0.15, 0.2) is 30.5 Å². The summed E-state index contributed by atoms with van der Waals surface area (Å²) in [5.41, 5.74) is 0.911. The molecule has 116 valence electrons. The largest absolute Gasteiger partial charge is 0.348 e. The Morgan fingerprint density at radius 1 is 1.32 bits per heavy atom. The van der Waals surface area contributed by atoms with E-state index >= 15 is 0 Å². The summed E-state index contributed by atoms with van der Waals surface area (Å²) < 4.78 is 0. The monoisotopic (exact) mass is 338 g/mol. The second-order valence-corrected chi connectivity index (χ2v) is 5.64. The third-order valence-corrected chi connectivity index (χ3v) is 3.60. The van der Waals surface area contributed by atoms with Gasteiger partial charge in [0.2, 0.25) is 5.95 Å². The summed E-state index contributed by atoms with van der Waals surface area (Å²) >= 11 is 11.9. The second-order valence-electron chi connectivity index (χ2n) is 4.80. The zero-order valence-corrected chi connectivity index (χ0v) is 13.7. The van der Waals surface area contributed by atoms with E-state index in [0.29, 0.717) is 27.4 Å². The highest BCUT2D eigenvalue weighted by atomic mass is 35.5. The van der Waals surface area contributed by atoms with Crippen LogP contribution in [0, 0.1) is 0 Å². The molecule has 1 unspecified atom stereocenters. The minimum Gasteiger partial charge on any atom is -0.348 e. The topological polar surface area (TPSA) is 66.9 Å². The summed E-state index contributed by atoms with van der Waals surface area (Å²) in [7, 11) is 0. The van der Waals surface area contributed by atoms with Gasteiger partial charge in [0, 0.05) is 17.3 Å². The Morgan fingerprint density at radius 2 is 2.09 bits per heavy atom. The van der Waals surface area contributed by atoms with E-state index in [-0.39, 0.29) is 11.9 Å². The molecule has 0 saturated heterocycles. The van der Waals surface area contributed by atoms with Gasteiger partial charge in [0.25, 0.3) is 5.91 Å². The molecule has 2 N–H and O–H groups in total. The lowest BCUT2D eigenvalue weighted by atomic mass is 10.2. The molecular formula is C15H16Cl2N4O. The van der Waals surface area contributed by atoms with E-state index in [9.17, 15) is 4.79 Å². The van der Waals surface area contributed by atoms with Gasteiger partial charge in [0.1, 0.15) is 5.69 Å². The highest BCUT2D eigenvalue weighted by molar-refractivity contribution is 6.36. The number of nitrogens with one attached hydrogen (secondary N) is 2. The molecule has 2 rings (SSSR count). The first-order chi connectivity index (χ1) is 10.5. The average molecular weight is 339 g/mol. The quantitative estimate of drug-likeness (QED) is 0.862. The van der Waals surface area contributed by atoms with Crippen molar-refractivity contribution in [3.63, 3.8) is 0 Å². The van der Waals surface area contributed by atoms with E-state index in [4.69, 9.17) is 23.2 Å². The first kappa shape index (κ1) is 16.5. The van der Waals surface area contributed by atoms with Gasteiger partial charge < -0.3 is 10.6 Å². The van der Waals surface area contributed by atoms with E-state index in [1.165, 1.54) is 6.20 Å². The molecule has 0 bridgehead atoms. The Bertz CT molecular complexity index is 678. The number of aromatic nitrogens is 2. The van der Waals surface area contributed by atoms with Crippen molar-refractivity contribution in [2.45, 2.75) is 26.3 Å². The van der Waals surface area contributed by atoms with Gasteiger partial charge in [-0.3, -0.25) is 4.79 Å². The van der Waals surface area contributed by atoms with Crippen molar-refractivity contribution >= 4 is 40.7 Å². The normalized spacial score (nSPS) is 11.8. The number of anilines is 2. The molecule has 1 aromatic heterocycles. The van der Waals surface area contributed by atoms with Crippen LogP contribution in [-0.2, 0) is 0 Å². The molecule has 22 heavy (non-hydrogen) atoms. The first-order valence-electron chi connectivity index (χ1n) is 6.85. The van der Waals surface area contributed by atoms with E-state index in [1.54, 1.807) is 24.3 Å². The fourth-order valence-corrected chi connectivity index (χ4v) is 2.11. The van der Waals surface area contributed by atoms with Gasteiger partial charge in [0.15, 0.2) is 0 Å². The maximum atomic E-state index is 12.1. The lowest BCUT2D eigenvalue weighted by Crippen LogP contribution is -2.32. The first-order valence-corrected chi connectivity index (χ1v) is 7.61. The molecule has 1 aromatic carbocycles. The van der Waals surface area contributed by atoms with Crippen molar-refractivity contribution in [1.82, 2.24) is 15.3 Å². The molecule has 0 saturated carbocycles. The third kappa shape index (κ3) is 4.32. The zero-order chi connectivity index (χ0) is 16.1. The molecular weight excluding hydrogens is 323 g/mol. The van der Waals surface area contributed by atoms with Gasteiger partial charge in [-0.2, -0.15) is 0 Å². The number of rotatable bonds is 5. The third-order valence-electron chi connectivity index (χ3n) is 3.06. The van der Waals surface area contributed by atoms with Gasteiger partial charge >= 0.3 is 0 Å². The fraction of sp³-hybridized carbons (Fsp3) is 0.267. The Balaban J connectivity index is 2.16. The summed E-state index contributed by atoms with van der Waals surface area (Å²) in [6, 6.07) is 6.69. The number of carbonyl (C=O) groups excluding carboxylic acids is 1. The van der Waals surface area contributed by atoms with Gasteiger partial charge in [-0.05, 0) is 37.6 Å². The van der Waals surface area contributed by atoms with Crippen LogP contribution in [0.25, 0.3) is 0 Å². The molecule has 0 aliphatic heterocycles. The molecule has 1 heterocycles. The minimum atomic E-state index is -0.234. The van der Waals surface area contributed by atoms with Crippen LogP contribution in [0.5, 0.6) is 0 Å². The maximum Gasteiger partial charge on any atom is 0.270 e. The van der Waals surface area contributed by atoms with Crippen molar-refractivity contribution in [2.75, 3.05) is 5.32 Å². The summed E-state index contributed by atoms with van der Waals surface area (Å²) in [4.78, 5) is 20.3. The SMILES string of the molecule is CCC(C)NC(=O)c1ccnc(Nc2ccc(Cl)cc2Cl)n1. The van der Waals surface area contributed by atoms with Crippen LogP contribution in [0.4, 0.5) is 11.6 Å². The van der Waals surface area contributed by atoms with Crippen molar-refractivity contribution in [3.05, 3.63) is 46.2 Å². The predicted molar refractivity (Wildman–Crippen MR) is 89.0 cm³/mol. The summed E-state index contributed by atoms with van der Waals surface area (Å²) in [6.07, 6.45) is 2.37. The molecule has 0 spiro atoms. The zero-order valence-electron chi connectivity index (χ0n) is 12.2. The van der Waals surface area contributed by atoms with Crippen LogP contribution < -0.4 is 10.6 Å². The number of hydrogen-bond acceptors (Lipinski definition) is 4. The molecule has 0 aliphatic rings. The van der Waals surface area contributed by atoms with Crippen LogP contribution in [0.3, 0.4) is 0 Å². The van der Waals surface area contributed by atoms with Crippen molar-refractivity contribution in [3.8, 4) is 0 Å². The van der Waals surface area contributed by atoms with Gasteiger partial charge in [-0.1, -0.05) is 30.1 Å². The van der Waals surface area contributed by atoms with Crippen LogP contribution in [0.2, 0.25) is 10.0 Å². The molecule has 7 heteroatoms. The lowest BCUT2D eigenvalue weighted by molar-refractivity contribution is 0.0934. The highest BCUT2D eigenvalue weighted by Crippen LogP contribution is 2.27. The van der Waals surface area contributed by atoms with Crippen molar-refractivity contribution in [1.29, 1.82) is 0 Å². The number of hydrogen-bond donors (Lipinski definition) is 2. The molecule has 5 nitrogen and oxygen atoms in total. The van der Waals surface area contributed by atoms with Crippen LogP contribution in [-0.4, -0.2) is 21.9 Å². The van der Waals surface area contributed by atoms with Gasteiger partial charge in [0.05, 0.1) is 10.7 Å². The number of halogens is 2. The molecule has 0 fully saturated rings. The predicted octanol–water partition coefficient (Wildman–Crippen LogP) is 4.06. The average Bonchev–Trinajstić information content (AvgIpc) is 2.50. The smallest absolute Gasteiger partial charge is 0.270 e. The minimum absolute atomic E-state index is 0.0876. The van der Waals surface area contributed by atoms with E-state index in [1.807, 2.05) is 13.8 Å². The van der Waals surface area contributed by atoms with Crippen LogP contribution in [0.1, 0.15) is 30.8 Å². The Hall–Kier alpha value is -1.85. The van der Waals surface area contributed by atoms with E-state index < -0.39 is 0 Å². The van der Waals surface area contributed by atoms with E-state index in [0.717, 1.165) is 6.42 Å². The number of benzene rings is 1. The molecule has 1 atom stereocenters. The number of nitrogens with zero attached hydrogens (tertiary/aromatic N) is 2. The summed E-state index contributed by atoms with van der Waals surface area (Å²) in [5, 5.41) is 6.81. The summed E-state index contributed by atoms with van der Waals surface area (Å²) in [5.74, 6) is 0.0584. The van der Waals surface area contributed by atoms with Gasteiger partial charge in [-0.15, -0.1) is 0 Å². The maximum absolute atomic E-state index is 12.1. The molecule has 2 aromatic rings. The highest BCUT2D eigenvalue weighted by Gasteiger charge is 2.11. The standard InChI is InChI=1S/C15H16Cl2N4O/c1-3-9(2)19-14(22)13-6-7-18-15(21-13)20-12-5-4-10(16)8-11(12)17/h4-9H,3H2,1-2H3,(H,19,22)(H,18,20,21). The van der Waals surface area contributed by atoms with Crippen molar-refractivity contribution in [2.24, 2.45) is 0 Å². The van der Waals surface area contributed by atoms with Gasteiger partial charge in [-0.25, -0.2) is 9.97 Å². The fourth-order valence-electron chi connectivity index (χ4n) is 1.66. The molecule has 0 aliphatic carbocycles. The Kier molecular flexibility index (Phi) is 5.57. The Morgan fingerprint density at radius 3 is 2.77 bits per heavy atom. The molecule has 1 amide bonds. The number of carbonyl (C=O) groups is 1. The summed E-state index contributed by atoms with van der Waals surface area (Å²) in [6.45, 7) is 3.94. The van der Waals surface area contributed by atoms with Crippen LogP contribution >= 0.6 is 23.2 Å². The second kappa shape index (κ2) is 7.42. The van der Waals surface area contributed by atoms with Crippen molar-refractivity contribution < 1.29 is 4.79 Å². The Labute approximate surface area is 139 Å². The van der Waals surface area contributed by atoms with E-state index in [2.05, 4.69) is 20.6 Å².